The van der Waals surface area contributed by atoms with E-state index in [4.69, 9.17) is 46.2 Å². The van der Waals surface area contributed by atoms with Crippen molar-refractivity contribution in [2.24, 2.45) is 41.4 Å². The van der Waals surface area contributed by atoms with Crippen molar-refractivity contribution in [2.45, 2.75) is 320 Å². The number of aromatic nitrogens is 12. The van der Waals surface area contributed by atoms with Gasteiger partial charge in [-0.2, -0.15) is 35.0 Å². The van der Waals surface area contributed by atoms with Gasteiger partial charge in [0.2, 0.25) is 0 Å². The predicted octanol–water partition coefficient (Wildman–Crippen LogP) is 40.0. The number of nitrogens with zero attached hydrogens (tertiary/aromatic N) is 12. The zero-order chi connectivity index (χ0) is 102. The van der Waals surface area contributed by atoms with Gasteiger partial charge < -0.3 is 0 Å². The Morgan fingerprint density at radius 1 is 0.253 bits per heavy atom. The van der Waals surface area contributed by atoms with E-state index in [9.17, 15) is 0 Å². The van der Waals surface area contributed by atoms with Crippen LogP contribution in [0, 0.1) is 41.4 Å². The summed E-state index contributed by atoms with van der Waals surface area (Å²) in [6.07, 6.45) is 47.6. The largest absolute Gasteiger partial charge is 0.252 e. The molecule has 0 radical (unpaired) electrons. The molecule has 12 nitrogen and oxygen atoms in total. The molecular weight excluding hydrogens is 2230 g/mol. The van der Waals surface area contributed by atoms with E-state index in [0.717, 1.165) is 117 Å². The maximum Gasteiger partial charge on any atom is 0.133 e. The van der Waals surface area contributed by atoms with Gasteiger partial charge >= 0.3 is 0 Å². The first kappa shape index (κ1) is 110. The summed E-state index contributed by atoms with van der Waals surface area (Å²) in [4.78, 5) is 46.6. The van der Waals surface area contributed by atoms with Gasteiger partial charge in [0.15, 0.2) is 0 Å². The Hall–Kier alpha value is -5.73. The molecular formula is C116H140Br2N12S14Si2. The zero-order valence-corrected chi connectivity index (χ0v) is 104. The van der Waals surface area contributed by atoms with Crippen LogP contribution in [0.2, 0.25) is 24.2 Å². The molecule has 0 amide bonds. The van der Waals surface area contributed by atoms with Crippen LogP contribution in [0.25, 0.3) is 156 Å². The lowest BCUT2D eigenvalue weighted by molar-refractivity contribution is 0.452. The average Bonchev–Trinajstić information content (AvgIpc) is 1.54. The van der Waals surface area contributed by atoms with E-state index in [-0.39, 0.29) is 0 Å². The summed E-state index contributed by atoms with van der Waals surface area (Å²) in [7, 11) is -4.59. The van der Waals surface area contributed by atoms with Gasteiger partial charge in [-0.15, -0.1) is 113 Å². The van der Waals surface area contributed by atoms with Crippen LogP contribution in [-0.2, 0) is 19.3 Å². The zero-order valence-electron chi connectivity index (χ0n) is 87.3. The number of unbranched alkanes of at least 4 members (excludes halogenated alkanes) is 7. The molecule has 0 saturated carbocycles. The van der Waals surface area contributed by atoms with Crippen LogP contribution in [0.15, 0.2) is 136 Å². The molecule has 20 heterocycles. The fraction of sp³-hybridized carbons (Fsp3) is 0.483. The molecule has 770 valence electrons. The Bertz CT molecular complexity index is 6890. The fourth-order valence-corrected chi connectivity index (χ4v) is 53.0. The first-order valence-electron chi connectivity index (χ1n) is 54.3. The molecule has 146 heavy (non-hydrogen) atoms. The number of hydrogen-bond donors (Lipinski definition) is 0. The topological polar surface area (TPSA) is 155 Å². The number of rotatable bonds is 51. The van der Waals surface area contributed by atoms with Gasteiger partial charge in [-0.05, 0) is 234 Å². The van der Waals surface area contributed by atoms with Crippen LogP contribution in [-0.4, -0.2) is 71.1 Å². The van der Waals surface area contributed by atoms with Gasteiger partial charge in [0, 0.05) is 109 Å². The molecule has 20 rings (SSSR count). The number of fused-ring (bicyclic) bond motifs is 10. The number of halogens is 2. The van der Waals surface area contributed by atoms with Crippen molar-refractivity contribution in [2.75, 3.05) is 0 Å². The fourth-order valence-electron chi connectivity index (χ4n) is 22.5. The van der Waals surface area contributed by atoms with Gasteiger partial charge in [0.25, 0.3) is 0 Å². The van der Waals surface area contributed by atoms with Crippen molar-refractivity contribution in [1.82, 2.24) is 54.9 Å². The van der Waals surface area contributed by atoms with Crippen molar-refractivity contribution >= 4 is 273 Å². The van der Waals surface area contributed by atoms with Crippen LogP contribution in [0.5, 0.6) is 0 Å². The minimum Gasteiger partial charge on any atom is -0.252 e. The molecule has 2 aliphatic heterocycles. The van der Waals surface area contributed by atoms with Crippen LogP contribution in [0.3, 0.4) is 0 Å². The first-order valence-corrected chi connectivity index (χ1v) is 71.9. The van der Waals surface area contributed by atoms with E-state index in [2.05, 4.69) is 252 Å². The highest BCUT2D eigenvalue weighted by molar-refractivity contribution is 9.11. The smallest absolute Gasteiger partial charge is 0.133 e. The molecule has 30 heteroatoms. The molecule has 7 atom stereocenters. The summed E-state index contributed by atoms with van der Waals surface area (Å²) in [5.74, 6) is 5.20. The Labute approximate surface area is 942 Å². The summed E-state index contributed by atoms with van der Waals surface area (Å²) < 4.78 is 40.6. The minimum atomic E-state index is -2.38. The maximum absolute atomic E-state index is 5.41. The first-order chi connectivity index (χ1) is 71.5. The van der Waals surface area contributed by atoms with Crippen molar-refractivity contribution in [1.29, 1.82) is 0 Å². The highest BCUT2D eigenvalue weighted by Crippen LogP contribution is 2.55. The van der Waals surface area contributed by atoms with Gasteiger partial charge in [-0.3, -0.25) is 19.9 Å². The molecule has 0 aromatic carbocycles. The van der Waals surface area contributed by atoms with Crippen molar-refractivity contribution < 1.29 is 0 Å². The van der Waals surface area contributed by atoms with Gasteiger partial charge in [0.1, 0.15) is 83.1 Å². The lowest BCUT2D eigenvalue weighted by Gasteiger charge is -2.35. The SMILES string of the molecule is CCCCC(CC)C[Si]1(CC(CC)CCCC)c2cc(-c3ncc(Br)c4nsnc34)sc2-c2sc(-c3ncc(Br)c4nsnc34)cc21.CCCCC(CC)Cc1ccc(-c2ccc(-c3cnc(-c4cc5c(s4)-c4sc(-c6ncc(-c7ccc(-c8ccc(CC(CC)CCCC)s8)s7)c7nsnc67)cc4[Si]5(CC(CC)CCCC)CC(CC)CCCC)c4nsnc34)s2)s1.CCCCC(CC)Cc1ccc(-c2cccs2)s1. The van der Waals surface area contributed by atoms with Crippen LogP contribution >= 0.6 is 192 Å². The lowest BCUT2D eigenvalue weighted by Crippen LogP contribution is -2.56. The summed E-state index contributed by atoms with van der Waals surface area (Å²) in [5.41, 5.74) is 13.4. The highest BCUT2D eigenvalue weighted by Gasteiger charge is 2.53. The third-order valence-corrected chi connectivity index (χ3v) is 57.9. The van der Waals surface area contributed by atoms with E-state index in [0.29, 0.717) is 11.8 Å². The van der Waals surface area contributed by atoms with E-state index in [1.54, 1.807) is 25.6 Å². The van der Waals surface area contributed by atoms with Gasteiger partial charge in [-0.1, -0.05) is 283 Å². The highest BCUT2D eigenvalue weighted by atomic mass is 79.9. The van der Waals surface area contributed by atoms with Crippen LogP contribution in [0.4, 0.5) is 0 Å². The standard InChI is InChI=1S/C66H80N6S8Si.C34H38Br2N6S4Si.C16H22S2/c1-9-17-21-41(13-5)33-45-25-27-51(73-45)53-31-29-49(75-53)47-37-67-61(63-59(47)69-79-71-63)55-35-57-65(77-55)66-58(81(57,39-43(15-7)23-19-11-3)40-44(16-8)24-20-12-4)36-56(78-66)62-64-60(70-80-72-64)48(38-68-62)50-30-32-54(76-50)52-28-26-46(74-52)34-42(14-6)22-18-10-2;1-5-9-11-19(7-3)17-47(18-20(8-4)12-10-6-2)25-13-23(29-31-27(39-45-41-31)21(35)15-37-29)43-33(25)34-26(47)14-24(44-34)30-32-28(40-46-42-32)22(36)16-38-30;1-3-5-7-13(4-2)12-14-9-10-16(18-14)15-8-6-11-17-15/h25-32,35-38,41-44H,9-24,33-34,39-40H2,1-8H3;13-16,19-20H,5-12,17-18H2,1-4H3;6,8-11,13H,3-5,7,12H2,1-2H3. The summed E-state index contributed by atoms with van der Waals surface area (Å²) in [6.45, 7) is 33.1. The summed E-state index contributed by atoms with van der Waals surface area (Å²) in [6, 6.07) is 43.1. The molecule has 18 aromatic rings. The van der Waals surface area contributed by atoms with Gasteiger partial charge in [0.05, 0.1) is 75.4 Å². The number of hydrogen-bond acceptors (Lipinski definition) is 26. The van der Waals surface area contributed by atoms with E-state index >= 15 is 0 Å². The Morgan fingerprint density at radius 3 is 0.795 bits per heavy atom. The summed E-state index contributed by atoms with van der Waals surface area (Å²) >= 11 is 31.7. The van der Waals surface area contributed by atoms with E-state index < -0.39 is 16.1 Å². The van der Waals surface area contributed by atoms with Crippen molar-refractivity contribution in [3.05, 3.63) is 151 Å². The second kappa shape index (κ2) is 52.0. The van der Waals surface area contributed by atoms with E-state index in [1.165, 1.54) is 358 Å². The van der Waals surface area contributed by atoms with E-state index in [1.807, 2.05) is 126 Å². The molecule has 0 N–H and O–H groups in total. The molecule has 2 aliphatic rings. The maximum atomic E-state index is 5.41. The van der Waals surface area contributed by atoms with Crippen molar-refractivity contribution in [3.8, 4) is 112 Å². The molecule has 0 fully saturated rings. The monoisotopic (exact) mass is 2360 g/mol. The number of pyridine rings is 4. The lowest BCUT2D eigenvalue weighted by atomic mass is 9.95. The van der Waals surface area contributed by atoms with Crippen LogP contribution < -0.4 is 20.7 Å². The summed E-state index contributed by atoms with van der Waals surface area (Å²) in [5, 5.41) is 8.73. The molecule has 0 saturated heterocycles. The Balaban J connectivity index is 0.000000179. The Kier molecular flexibility index (Phi) is 39.2. The third-order valence-electron chi connectivity index (χ3n) is 31.2. The molecule has 0 aliphatic carbocycles. The average molecular weight is 2370 g/mol. The number of thiophene rings is 10. The van der Waals surface area contributed by atoms with Crippen LogP contribution in [0.1, 0.15) is 291 Å². The second-order valence-corrected chi connectivity index (χ2v) is 63.6. The van der Waals surface area contributed by atoms with Crippen molar-refractivity contribution in [3.63, 3.8) is 0 Å². The Morgan fingerprint density at radius 2 is 0.507 bits per heavy atom. The predicted molar refractivity (Wildman–Crippen MR) is 662 cm³/mol. The van der Waals surface area contributed by atoms with Gasteiger partial charge in [-0.25, -0.2) is 0 Å². The quantitative estimate of drug-likeness (QED) is 0.0333. The second-order valence-electron chi connectivity index (χ2n) is 40.8. The normalized spacial score (nSPS) is 15.2. The molecule has 0 bridgehead atoms. The molecule has 18 aromatic heterocycles. The minimum absolute atomic E-state index is 0.676. The third kappa shape index (κ3) is 24.2. The molecule has 0 spiro atoms. The molecule has 7 unspecified atom stereocenters.